The Bertz CT molecular complexity index is 234. The predicted octanol–water partition coefficient (Wildman–Crippen LogP) is -0.606. The Morgan fingerprint density at radius 2 is 1.81 bits per heavy atom. The number of amides is 1. The molecule has 16 heavy (non-hydrogen) atoms. The number of carbonyl (C=O) groups excluding carboxylic acids is 1. The van der Waals surface area contributed by atoms with Crippen LogP contribution in [-0.4, -0.2) is 45.6 Å². The maximum Gasteiger partial charge on any atom is 0.222 e. The Morgan fingerprint density at radius 3 is 2.25 bits per heavy atom. The molecule has 0 aliphatic heterocycles. The van der Waals surface area contributed by atoms with Crippen LogP contribution in [0, 0.1) is 5.92 Å². The van der Waals surface area contributed by atoms with Crippen LogP contribution in [0.15, 0.2) is 0 Å². The fourth-order valence-electron chi connectivity index (χ4n) is 1.82. The topological polar surface area (TPSA) is 89.8 Å². The molecule has 5 heteroatoms. The lowest BCUT2D eigenvalue weighted by molar-refractivity contribution is -0.124. The summed E-state index contributed by atoms with van der Waals surface area (Å²) in [6, 6.07) is -0.183. The third-order valence-electron chi connectivity index (χ3n) is 3.03. The molecule has 0 aromatic carbocycles. The number of aliphatic hydroxyl groups excluding tert-OH is 3. The SMILES string of the molecule is CC(C)[C@@H](O)CC(=O)NC1C[C@@H](O)[C@@H](O)C1. The maximum atomic E-state index is 11.5. The van der Waals surface area contributed by atoms with E-state index in [0.29, 0.717) is 12.8 Å². The van der Waals surface area contributed by atoms with Gasteiger partial charge in [0, 0.05) is 6.04 Å². The Balaban J connectivity index is 2.30. The largest absolute Gasteiger partial charge is 0.392 e. The van der Waals surface area contributed by atoms with Gasteiger partial charge < -0.3 is 20.6 Å². The second kappa shape index (κ2) is 5.61. The van der Waals surface area contributed by atoms with E-state index in [-0.39, 0.29) is 24.3 Å². The molecule has 1 saturated carbocycles. The van der Waals surface area contributed by atoms with Gasteiger partial charge in [-0.1, -0.05) is 13.8 Å². The summed E-state index contributed by atoms with van der Waals surface area (Å²) in [6.07, 6.45) is -1.31. The van der Waals surface area contributed by atoms with Gasteiger partial charge in [0.25, 0.3) is 0 Å². The molecular formula is C11H21NO4. The Kier molecular flexibility index (Phi) is 4.70. The average molecular weight is 231 g/mol. The standard InChI is InChI=1S/C11H21NO4/c1-6(2)8(13)5-11(16)12-7-3-9(14)10(15)4-7/h6-10,13-15H,3-5H2,1-2H3,(H,12,16)/t7?,8-,9-,10+/m0/s1. The molecule has 1 rings (SSSR count). The molecule has 4 N–H and O–H groups in total. The number of hydrogen-bond acceptors (Lipinski definition) is 4. The van der Waals surface area contributed by atoms with Gasteiger partial charge in [0.1, 0.15) is 0 Å². The van der Waals surface area contributed by atoms with Gasteiger partial charge in [0.15, 0.2) is 0 Å². The lowest BCUT2D eigenvalue weighted by atomic mass is 10.0. The molecule has 0 radical (unpaired) electrons. The van der Waals surface area contributed by atoms with Gasteiger partial charge in [0.05, 0.1) is 24.7 Å². The van der Waals surface area contributed by atoms with Crippen LogP contribution >= 0.6 is 0 Å². The minimum absolute atomic E-state index is 0.0468. The molecule has 0 saturated heterocycles. The number of aliphatic hydroxyl groups is 3. The molecule has 0 aromatic rings. The zero-order valence-electron chi connectivity index (χ0n) is 9.76. The Hall–Kier alpha value is -0.650. The number of carbonyl (C=O) groups is 1. The average Bonchev–Trinajstić information content (AvgIpc) is 2.45. The summed E-state index contributed by atoms with van der Waals surface area (Å²) >= 11 is 0. The maximum absolute atomic E-state index is 11.5. The first-order valence-corrected chi connectivity index (χ1v) is 5.73. The third kappa shape index (κ3) is 3.73. The van der Waals surface area contributed by atoms with E-state index in [1.165, 1.54) is 0 Å². The molecular weight excluding hydrogens is 210 g/mol. The molecule has 0 aromatic heterocycles. The van der Waals surface area contributed by atoms with Crippen molar-refractivity contribution in [2.45, 2.75) is 57.5 Å². The van der Waals surface area contributed by atoms with Crippen LogP contribution in [0.5, 0.6) is 0 Å². The first kappa shape index (κ1) is 13.4. The van der Waals surface area contributed by atoms with E-state index in [1.807, 2.05) is 13.8 Å². The van der Waals surface area contributed by atoms with E-state index in [4.69, 9.17) is 0 Å². The molecule has 1 amide bonds. The van der Waals surface area contributed by atoms with Crippen LogP contribution in [-0.2, 0) is 4.79 Å². The highest BCUT2D eigenvalue weighted by molar-refractivity contribution is 5.76. The molecule has 4 atom stereocenters. The van der Waals surface area contributed by atoms with Crippen molar-refractivity contribution in [1.29, 1.82) is 0 Å². The highest BCUT2D eigenvalue weighted by atomic mass is 16.3. The van der Waals surface area contributed by atoms with E-state index in [2.05, 4.69) is 5.32 Å². The van der Waals surface area contributed by atoms with E-state index in [0.717, 1.165) is 0 Å². The van der Waals surface area contributed by atoms with Gasteiger partial charge in [-0.15, -0.1) is 0 Å². The van der Waals surface area contributed by atoms with E-state index < -0.39 is 18.3 Å². The van der Waals surface area contributed by atoms with Crippen LogP contribution in [0.25, 0.3) is 0 Å². The van der Waals surface area contributed by atoms with Crippen LogP contribution < -0.4 is 5.32 Å². The number of hydrogen-bond donors (Lipinski definition) is 4. The summed E-state index contributed by atoms with van der Waals surface area (Å²) in [4.78, 5) is 11.5. The van der Waals surface area contributed by atoms with Gasteiger partial charge in [0.2, 0.25) is 5.91 Å². The normalized spacial score (nSPS) is 31.8. The van der Waals surface area contributed by atoms with Crippen molar-refractivity contribution in [2.75, 3.05) is 0 Å². The summed E-state index contributed by atoms with van der Waals surface area (Å²) in [5.41, 5.74) is 0. The van der Waals surface area contributed by atoms with Crippen LogP contribution in [0.4, 0.5) is 0 Å². The molecule has 1 aliphatic carbocycles. The lowest BCUT2D eigenvalue weighted by Gasteiger charge is -2.16. The quantitative estimate of drug-likeness (QED) is 0.520. The summed E-state index contributed by atoms with van der Waals surface area (Å²) in [7, 11) is 0. The van der Waals surface area contributed by atoms with Gasteiger partial charge >= 0.3 is 0 Å². The predicted molar refractivity (Wildman–Crippen MR) is 58.6 cm³/mol. The van der Waals surface area contributed by atoms with E-state index in [1.54, 1.807) is 0 Å². The van der Waals surface area contributed by atoms with Crippen LogP contribution in [0.2, 0.25) is 0 Å². The van der Waals surface area contributed by atoms with Gasteiger partial charge in [-0.2, -0.15) is 0 Å². The van der Waals surface area contributed by atoms with E-state index in [9.17, 15) is 20.1 Å². The Morgan fingerprint density at radius 1 is 1.31 bits per heavy atom. The van der Waals surface area contributed by atoms with Crippen molar-refractivity contribution < 1.29 is 20.1 Å². The smallest absolute Gasteiger partial charge is 0.222 e. The van der Waals surface area contributed by atoms with Crippen molar-refractivity contribution >= 4 is 5.91 Å². The fourth-order valence-corrected chi connectivity index (χ4v) is 1.82. The summed E-state index contributed by atoms with van der Waals surface area (Å²) < 4.78 is 0. The molecule has 5 nitrogen and oxygen atoms in total. The fraction of sp³-hybridized carbons (Fsp3) is 0.909. The minimum atomic E-state index is -0.750. The van der Waals surface area contributed by atoms with E-state index >= 15 is 0 Å². The third-order valence-corrected chi connectivity index (χ3v) is 3.03. The Labute approximate surface area is 95.5 Å². The summed E-state index contributed by atoms with van der Waals surface area (Å²) in [5.74, 6) is -0.182. The zero-order valence-corrected chi connectivity index (χ0v) is 9.76. The zero-order chi connectivity index (χ0) is 12.3. The van der Waals surface area contributed by atoms with Gasteiger partial charge in [-0.05, 0) is 18.8 Å². The molecule has 94 valence electrons. The highest BCUT2D eigenvalue weighted by Crippen LogP contribution is 2.20. The van der Waals surface area contributed by atoms with Gasteiger partial charge in [-0.3, -0.25) is 4.79 Å². The minimum Gasteiger partial charge on any atom is -0.392 e. The molecule has 0 spiro atoms. The summed E-state index contributed by atoms with van der Waals surface area (Å²) in [6.45, 7) is 3.70. The van der Waals surface area contributed by atoms with Crippen molar-refractivity contribution in [1.82, 2.24) is 5.32 Å². The van der Waals surface area contributed by atoms with Gasteiger partial charge in [-0.25, -0.2) is 0 Å². The second-order valence-electron chi connectivity index (χ2n) is 4.89. The second-order valence-corrected chi connectivity index (χ2v) is 4.89. The van der Waals surface area contributed by atoms with Crippen molar-refractivity contribution in [2.24, 2.45) is 5.92 Å². The van der Waals surface area contributed by atoms with Crippen molar-refractivity contribution in [3.05, 3.63) is 0 Å². The molecule has 0 heterocycles. The lowest BCUT2D eigenvalue weighted by Crippen LogP contribution is -2.36. The molecule has 0 bridgehead atoms. The molecule has 1 aliphatic rings. The van der Waals surface area contributed by atoms with Crippen LogP contribution in [0.1, 0.15) is 33.1 Å². The number of rotatable bonds is 4. The monoisotopic (exact) mass is 231 g/mol. The molecule has 1 fully saturated rings. The molecule has 1 unspecified atom stereocenters. The van der Waals surface area contributed by atoms with Crippen LogP contribution in [0.3, 0.4) is 0 Å². The first-order chi connectivity index (χ1) is 7.40. The van der Waals surface area contributed by atoms with Crippen molar-refractivity contribution in [3.63, 3.8) is 0 Å². The highest BCUT2D eigenvalue weighted by Gasteiger charge is 2.32. The van der Waals surface area contributed by atoms with Crippen molar-refractivity contribution in [3.8, 4) is 0 Å². The number of nitrogens with one attached hydrogen (secondary N) is 1. The first-order valence-electron chi connectivity index (χ1n) is 5.73. The summed E-state index contributed by atoms with van der Waals surface area (Å²) in [5, 5.41) is 30.8.